The predicted octanol–water partition coefficient (Wildman–Crippen LogP) is 0.874. The van der Waals surface area contributed by atoms with Crippen molar-refractivity contribution in [1.29, 1.82) is 0 Å². The van der Waals surface area contributed by atoms with E-state index in [0.717, 1.165) is 37.0 Å². The zero-order valence-corrected chi connectivity index (χ0v) is 16.6. The van der Waals surface area contributed by atoms with Gasteiger partial charge in [0.25, 0.3) is 0 Å². The molecule has 27 heavy (non-hydrogen) atoms. The maximum Gasteiger partial charge on any atom is 0.353 e. The lowest BCUT2D eigenvalue weighted by molar-refractivity contribution is -0.163. The molecule has 0 spiro atoms. The van der Waals surface area contributed by atoms with E-state index in [-0.39, 0.29) is 23.6 Å². The average molecular weight is 396 g/mol. The number of aliphatic hydroxyl groups excluding tert-OH is 1. The number of hydrogen-bond acceptors (Lipinski definition) is 6. The van der Waals surface area contributed by atoms with E-state index in [1.807, 2.05) is 6.92 Å². The van der Waals surface area contributed by atoms with E-state index in [4.69, 9.17) is 5.73 Å². The summed E-state index contributed by atoms with van der Waals surface area (Å²) in [6, 6.07) is 1.09. The molecule has 0 unspecified atom stereocenters. The van der Waals surface area contributed by atoms with Crippen molar-refractivity contribution < 1.29 is 19.8 Å². The molecule has 7 nitrogen and oxygen atoms in total. The lowest BCUT2D eigenvalue weighted by Crippen LogP contribution is -2.63. The molecule has 150 valence electrons. The number of nitrogens with one attached hydrogen (secondary N) is 1. The molecule has 5 N–H and O–H groups in total. The Kier molecular flexibility index (Phi) is 5.03. The Bertz CT molecular complexity index is 676. The van der Waals surface area contributed by atoms with E-state index in [1.165, 1.54) is 4.90 Å². The van der Waals surface area contributed by atoms with Crippen LogP contribution in [0.4, 0.5) is 0 Å². The van der Waals surface area contributed by atoms with Crippen LogP contribution in [0, 0.1) is 11.8 Å². The first-order valence-electron chi connectivity index (χ1n) is 9.94. The Morgan fingerprint density at radius 1 is 1.30 bits per heavy atom. The highest BCUT2D eigenvalue weighted by Gasteiger charge is 2.60. The number of nitrogens with two attached hydrogens (primary N) is 1. The lowest BCUT2D eigenvalue weighted by atomic mass is 9.79. The first-order chi connectivity index (χ1) is 12.8. The zero-order chi connectivity index (χ0) is 19.5. The van der Waals surface area contributed by atoms with Gasteiger partial charge >= 0.3 is 5.97 Å². The van der Waals surface area contributed by atoms with E-state index in [1.54, 1.807) is 18.7 Å². The summed E-state index contributed by atoms with van der Waals surface area (Å²) in [7, 11) is 0. The van der Waals surface area contributed by atoms with Crippen LogP contribution in [0.2, 0.25) is 0 Å². The van der Waals surface area contributed by atoms with Gasteiger partial charge in [0.05, 0.1) is 18.1 Å². The highest BCUT2D eigenvalue weighted by atomic mass is 32.2. The van der Waals surface area contributed by atoms with Crippen molar-refractivity contribution in [1.82, 2.24) is 10.2 Å². The summed E-state index contributed by atoms with van der Waals surface area (Å²) in [5.74, 6) is -1.84. The van der Waals surface area contributed by atoms with E-state index in [9.17, 15) is 19.8 Å². The molecule has 2 aliphatic heterocycles. The molecule has 2 heterocycles. The maximum atomic E-state index is 12.4. The third-order valence-electron chi connectivity index (χ3n) is 6.64. The minimum Gasteiger partial charge on any atom is -0.477 e. The van der Waals surface area contributed by atoms with Crippen LogP contribution in [0.1, 0.15) is 46.0 Å². The summed E-state index contributed by atoms with van der Waals surface area (Å²) in [5, 5.41) is 23.7. The fourth-order valence-corrected chi connectivity index (χ4v) is 6.82. The molecule has 0 aromatic rings. The van der Waals surface area contributed by atoms with Crippen molar-refractivity contribution in [2.45, 2.75) is 81.5 Å². The first kappa shape index (κ1) is 19.2. The number of thioether (sulfide) groups is 1. The molecular weight excluding hydrogens is 366 g/mol. The molecule has 0 aromatic heterocycles. The van der Waals surface area contributed by atoms with Crippen molar-refractivity contribution in [2.75, 3.05) is 0 Å². The minimum atomic E-state index is -1.04. The molecule has 1 amide bonds. The Morgan fingerprint density at radius 3 is 2.56 bits per heavy atom. The van der Waals surface area contributed by atoms with E-state index in [0.29, 0.717) is 23.4 Å². The average Bonchev–Trinajstić information content (AvgIpc) is 3.05. The van der Waals surface area contributed by atoms with Gasteiger partial charge in [0, 0.05) is 34.2 Å². The number of carbonyl (C=O) groups is 2. The number of carbonyl (C=O) groups excluding carboxylic acids is 1. The summed E-state index contributed by atoms with van der Waals surface area (Å²) in [6.45, 7) is 3.58. The second-order valence-electron chi connectivity index (χ2n) is 8.62. The van der Waals surface area contributed by atoms with Gasteiger partial charge in [-0.1, -0.05) is 6.92 Å². The molecule has 0 bridgehead atoms. The van der Waals surface area contributed by atoms with Crippen LogP contribution >= 0.6 is 11.8 Å². The molecular formula is C19H29N3O4S. The molecule has 1 saturated heterocycles. The van der Waals surface area contributed by atoms with Crippen LogP contribution in [0.5, 0.6) is 0 Å². The van der Waals surface area contributed by atoms with Gasteiger partial charge in [-0.05, 0) is 39.0 Å². The summed E-state index contributed by atoms with van der Waals surface area (Å²) in [5.41, 5.74) is 6.11. The highest BCUT2D eigenvalue weighted by molar-refractivity contribution is 8.03. The van der Waals surface area contributed by atoms with Crippen molar-refractivity contribution >= 4 is 23.6 Å². The van der Waals surface area contributed by atoms with Crippen LogP contribution in [0.15, 0.2) is 10.6 Å². The number of rotatable bonds is 6. The summed E-state index contributed by atoms with van der Waals surface area (Å²) < 4.78 is 0. The number of carboxylic acids is 1. The van der Waals surface area contributed by atoms with Crippen molar-refractivity contribution in [3.63, 3.8) is 0 Å². The minimum absolute atomic E-state index is 0.0433. The van der Waals surface area contributed by atoms with Crippen LogP contribution in [0.3, 0.4) is 0 Å². The second kappa shape index (κ2) is 7.06. The molecule has 8 heteroatoms. The van der Waals surface area contributed by atoms with Gasteiger partial charge in [-0.15, -0.1) is 11.8 Å². The number of β-lactam (4-membered cyclic amide) rings is 1. The Balaban J connectivity index is 1.39. The van der Waals surface area contributed by atoms with Gasteiger partial charge in [-0.25, -0.2) is 4.79 Å². The van der Waals surface area contributed by atoms with Gasteiger partial charge in [-0.3, -0.25) is 4.79 Å². The highest BCUT2D eigenvalue weighted by Crippen LogP contribution is 2.53. The smallest absolute Gasteiger partial charge is 0.353 e. The van der Waals surface area contributed by atoms with Crippen molar-refractivity contribution in [3.8, 4) is 0 Å². The topological polar surface area (TPSA) is 116 Å². The Morgan fingerprint density at radius 2 is 2.00 bits per heavy atom. The molecule has 0 radical (unpaired) electrons. The molecule has 3 fully saturated rings. The van der Waals surface area contributed by atoms with Crippen LogP contribution in [-0.2, 0) is 9.59 Å². The molecule has 4 rings (SSSR count). The predicted molar refractivity (Wildman–Crippen MR) is 103 cm³/mol. The largest absolute Gasteiger partial charge is 0.477 e. The van der Waals surface area contributed by atoms with E-state index < -0.39 is 18.0 Å². The molecule has 0 aromatic carbocycles. The Hall–Kier alpha value is -1.09. The number of hydrogen-bond donors (Lipinski definition) is 4. The van der Waals surface area contributed by atoms with Gasteiger partial charge in [-0.2, -0.15) is 0 Å². The number of aliphatic hydroxyl groups is 1. The lowest BCUT2D eigenvalue weighted by Gasteiger charge is -2.46. The van der Waals surface area contributed by atoms with Crippen molar-refractivity contribution in [2.24, 2.45) is 17.6 Å². The SMILES string of the molecule is C[C@@H](O)[C@H]1C(=O)N2C(C(=O)O)=C(S[C@H]3C[C@@H](N[C@H]4CC[C@@H](N)C4)C3)[C@H](C)[C@H]12. The standard InChI is InChI=1S/C19H29N3O4S/c1-8-15-14(9(2)23)18(24)22(15)16(19(25)26)17(8)27-13-6-12(7-13)21-11-4-3-10(20)5-11/h8-15,21,23H,3-7,20H2,1-2H3,(H,25,26)/t8-,9-,10-,11+,12-,13+,14-,15-/m1/s1. The fraction of sp³-hybridized carbons (Fsp3) is 0.789. The normalized spacial score (nSPS) is 42.0. The molecule has 2 saturated carbocycles. The number of nitrogens with zero attached hydrogens (tertiary/aromatic N) is 1. The van der Waals surface area contributed by atoms with Crippen molar-refractivity contribution in [3.05, 3.63) is 10.6 Å². The van der Waals surface area contributed by atoms with E-state index >= 15 is 0 Å². The van der Waals surface area contributed by atoms with Gasteiger partial charge in [0.1, 0.15) is 5.70 Å². The number of fused-ring (bicyclic) bond motifs is 1. The third-order valence-corrected chi connectivity index (χ3v) is 8.18. The summed E-state index contributed by atoms with van der Waals surface area (Å²) in [4.78, 5) is 26.4. The van der Waals surface area contributed by atoms with Crippen LogP contribution in [0.25, 0.3) is 0 Å². The van der Waals surface area contributed by atoms with Gasteiger partial charge in [0.2, 0.25) is 5.91 Å². The quantitative estimate of drug-likeness (QED) is 0.493. The Labute approximate surface area is 163 Å². The molecule has 4 aliphatic rings. The second-order valence-corrected chi connectivity index (χ2v) is 9.96. The van der Waals surface area contributed by atoms with Gasteiger partial charge < -0.3 is 26.2 Å². The fourth-order valence-electron chi connectivity index (χ4n) is 5.16. The summed E-state index contributed by atoms with van der Waals surface area (Å²) in [6.07, 6.45) is 4.54. The van der Waals surface area contributed by atoms with Gasteiger partial charge in [0.15, 0.2) is 0 Å². The van der Waals surface area contributed by atoms with E-state index in [2.05, 4.69) is 5.32 Å². The third kappa shape index (κ3) is 3.20. The first-order valence-corrected chi connectivity index (χ1v) is 10.8. The molecule has 2 aliphatic carbocycles. The van der Waals surface area contributed by atoms with Crippen LogP contribution < -0.4 is 11.1 Å². The number of amides is 1. The monoisotopic (exact) mass is 395 g/mol. The number of carboxylic acid groups (broad SMARTS) is 1. The number of aliphatic carboxylic acids is 1. The maximum absolute atomic E-state index is 12.4. The zero-order valence-electron chi connectivity index (χ0n) is 15.8. The molecule has 6 atom stereocenters. The van der Waals surface area contributed by atoms with Crippen LogP contribution in [-0.4, -0.2) is 62.5 Å². The summed E-state index contributed by atoms with van der Waals surface area (Å²) >= 11 is 1.62.